The van der Waals surface area contributed by atoms with E-state index in [0.29, 0.717) is 0 Å². The minimum Gasteiger partial charge on any atom is -0.491 e. The van der Waals surface area contributed by atoms with E-state index in [9.17, 15) is 5.11 Å². The lowest BCUT2D eigenvalue weighted by molar-refractivity contribution is 0.138. The molecule has 0 N–H and O–H groups in total. The van der Waals surface area contributed by atoms with Crippen molar-refractivity contribution in [3.63, 3.8) is 0 Å². The average Bonchev–Trinajstić information content (AvgIpc) is 2.44. The van der Waals surface area contributed by atoms with Crippen LogP contribution in [0.25, 0.3) is 0 Å². The number of ether oxygens (including phenoxy) is 1. The summed E-state index contributed by atoms with van der Waals surface area (Å²) in [6, 6.07) is 8.13. The molecule has 0 saturated heterocycles. The minimum absolute atomic E-state index is 0.179. The number of rotatable bonds is 11. The van der Waals surface area contributed by atoms with Gasteiger partial charge in [-0.05, 0) is 30.5 Å². The smallest absolute Gasteiger partial charge is 0.119 e. The molecule has 2 nitrogen and oxygen atoms in total. The lowest BCUT2D eigenvalue weighted by Gasteiger charge is -2.06. The van der Waals surface area contributed by atoms with Crippen molar-refractivity contribution in [3.05, 3.63) is 29.8 Å². The molecule has 0 heterocycles. The molecule has 0 aliphatic rings. The molecule has 107 valence electrons. The molecule has 0 spiro atoms. The van der Waals surface area contributed by atoms with Gasteiger partial charge in [0.15, 0.2) is 0 Å². The van der Waals surface area contributed by atoms with Crippen LogP contribution in [0.15, 0.2) is 24.3 Å². The van der Waals surface area contributed by atoms with Crippen LogP contribution in [0, 0.1) is 0 Å². The number of hydrogen-bond donors (Lipinski definition) is 0. The summed E-state index contributed by atoms with van der Waals surface area (Å²) >= 11 is 0. The van der Waals surface area contributed by atoms with Crippen LogP contribution < -0.4 is 4.74 Å². The Morgan fingerprint density at radius 1 is 1.00 bits per heavy atom. The van der Waals surface area contributed by atoms with E-state index < -0.39 is 0 Å². The van der Waals surface area contributed by atoms with Gasteiger partial charge in [0.1, 0.15) is 19.0 Å². The molecule has 1 aromatic carbocycles. The summed E-state index contributed by atoms with van der Waals surface area (Å²) in [6.45, 7) is 2.34. The summed E-state index contributed by atoms with van der Waals surface area (Å²) in [7, 11) is 0. The molecular weight excluding hydrogens is 236 g/mol. The van der Waals surface area contributed by atoms with Gasteiger partial charge in [0, 0.05) is 0 Å². The van der Waals surface area contributed by atoms with Gasteiger partial charge >= 0.3 is 0 Å². The number of aryl methyl sites for hydroxylation is 1. The second-order valence-electron chi connectivity index (χ2n) is 5.07. The van der Waals surface area contributed by atoms with Gasteiger partial charge in [0.2, 0.25) is 0 Å². The van der Waals surface area contributed by atoms with Crippen LogP contribution in [-0.4, -0.2) is 13.2 Å². The Hall–Kier alpha value is -1.02. The van der Waals surface area contributed by atoms with Crippen LogP contribution in [0.2, 0.25) is 0 Å². The fraction of sp³-hybridized carbons (Fsp3) is 0.647. The lowest BCUT2D eigenvalue weighted by Crippen LogP contribution is -2.00. The van der Waals surface area contributed by atoms with Crippen molar-refractivity contribution in [2.24, 2.45) is 0 Å². The molecule has 0 saturated carbocycles. The van der Waals surface area contributed by atoms with E-state index >= 15 is 0 Å². The largest absolute Gasteiger partial charge is 0.491 e. The van der Waals surface area contributed by atoms with Gasteiger partial charge in [0.25, 0.3) is 0 Å². The zero-order valence-corrected chi connectivity index (χ0v) is 12.2. The van der Waals surface area contributed by atoms with Crippen LogP contribution in [0.1, 0.15) is 57.4 Å². The molecule has 0 bridgehead atoms. The van der Waals surface area contributed by atoms with Crippen LogP contribution in [0.5, 0.6) is 5.75 Å². The van der Waals surface area contributed by atoms with E-state index in [0.717, 1.165) is 12.2 Å². The first-order valence-corrected chi connectivity index (χ1v) is 7.66. The lowest BCUT2D eigenvalue weighted by atomic mass is 10.0. The van der Waals surface area contributed by atoms with E-state index in [1.54, 1.807) is 0 Å². The third-order valence-corrected chi connectivity index (χ3v) is 3.32. The van der Waals surface area contributed by atoms with Gasteiger partial charge in [-0.3, -0.25) is 0 Å². The highest BCUT2D eigenvalue weighted by Crippen LogP contribution is 2.16. The van der Waals surface area contributed by atoms with Crippen molar-refractivity contribution in [1.82, 2.24) is 0 Å². The predicted molar refractivity (Wildman–Crippen MR) is 79.2 cm³/mol. The SMILES string of the molecule is CCCCCCCCCc1cccc(OCC[O])c1. The van der Waals surface area contributed by atoms with Crippen LogP contribution in [0.3, 0.4) is 0 Å². The Kier molecular flexibility index (Phi) is 9.17. The summed E-state index contributed by atoms with van der Waals surface area (Å²) < 4.78 is 5.36. The van der Waals surface area contributed by atoms with Crippen molar-refractivity contribution < 1.29 is 9.84 Å². The summed E-state index contributed by atoms with van der Waals surface area (Å²) in [5, 5.41) is 10.4. The number of hydrogen-bond acceptors (Lipinski definition) is 1. The molecule has 19 heavy (non-hydrogen) atoms. The van der Waals surface area contributed by atoms with Crippen molar-refractivity contribution in [1.29, 1.82) is 0 Å². The molecule has 0 aromatic heterocycles. The second kappa shape index (κ2) is 10.9. The Labute approximate surface area is 117 Å². The van der Waals surface area contributed by atoms with Gasteiger partial charge in [0.05, 0.1) is 0 Å². The topological polar surface area (TPSA) is 29.1 Å². The van der Waals surface area contributed by atoms with Gasteiger partial charge < -0.3 is 4.74 Å². The monoisotopic (exact) mass is 263 g/mol. The first-order chi connectivity index (χ1) is 9.36. The average molecular weight is 263 g/mol. The van der Waals surface area contributed by atoms with Crippen LogP contribution in [0.4, 0.5) is 0 Å². The Balaban J connectivity index is 2.14. The molecule has 0 aliphatic carbocycles. The first kappa shape index (κ1) is 16.0. The van der Waals surface area contributed by atoms with Gasteiger partial charge in [-0.2, -0.15) is 0 Å². The Bertz CT molecular complexity index is 323. The molecule has 1 aromatic rings. The van der Waals surface area contributed by atoms with Crippen LogP contribution in [-0.2, 0) is 11.5 Å². The minimum atomic E-state index is -0.179. The third kappa shape index (κ3) is 7.89. The van der Waals surface area contributed by atoms with Crippen molar-refractivity contribution in [2.75, 3.05) is 13.2 Å². The van der Waals surface area contributed by atoms with E-state index in [1.807, 2.05) is 12.1 Å². The van der Waals surface area contributed by atoms with Gasteiger partial charge in [-0.15, -0.1) is 0 Å². The fourth-order valence-electron chi connectivity index (χ4n) is 2.24. The summed E-state index contributed by atoms with van der Waals surface area (Å²) in [6.07, 6.45) is 10.5. The maximum absolute atomic E-state index is 10.4. The molecular formula is C17H27O2. The predicted octanol–water partition coefficient (Wildman–Crippen LogP) is 4.79. The molecule has 0 atom stereocenters. The fourth-order valence-corrected chi connectivity index (χ4v) is 2.24. The van der Waals surface area contributed by atoms with Crippen molar-refractivity contribution >= 4 is 0 Å². The zero-order valence-electron chi connectivity index (χ0n) is 12.2. The summed E-state index contributed by atoms with van der Waals surface area (Å²) in [5.41, 5.74) is 1.32. The summed E-state index contributed by atoms with van der Waals surface area (Å²) in [4.78, 5) is 0. The zero-order chi connectivity index (χ0) is 13.8. The molecule has 2 heteroatoms. The molecule has 1 rings (SSSR count). The maximum Gasteiger partial charge on any atom is 0.119 e. The molecule has 0 unspecified atom stereocenters. The molecule has 0 aliphatic heterocycles. The highest BCUT2D eigenvalue weighted by atomic mass is 16.5. The number of unbranched alkanes of at least 4 members (excludes halogenated alkanes) is 6. The van der Waals surface area contributed by atoms with Gasteiger partial charge in [-0.25, -0.2) is 5.11 Å². The quantitative estimate of drug-likeness (QED) is 0.528. The normalized spacial score (nSPS) is 10.6. The van der Waals surface area contributed by atoms with Gasteiger partial charge in [-0.1, -0.05) is 57.6 Å². The van der Waals surface area contributed by atoms with E-state index in [2.05, 4.69) is 19.1 Å². The van der Waals surface area contributed by atoms with E-state index in [-0.39, 0.29) is 13.2 Å². The number of benzene rings is 1. The van der Waals surface area contributed by atoms with E-state index in [1.165, 1.54) is 50.5 Å². The standard InChI is InChI=1S/C17H27O2/c1-2-3-4-5-6-7-8-10-16-11-9-12-17(15-16)19-14-13-18/h9,11-12,15H,2-8,10,13-14H2,1H3. The molecule has 0 amide bonds. The Morgan fingerprint density at radius 2 is 1.74 bits per heavy atom. The first-order valence-electron chi connectivity index (χ1n) is 7.66. The maximum atomic E-state index is 10.4. The third-order valence-electron chi connectivity index (χ3n) is 3.32. The van der Waals surface area contributed by atoms with Crippen molar-refractivity contribution in [3.8, 4) is 5.75 Å². The Morgan fingerprint density at radius 3 is 2.47 bits per heavy atom. The van der Waals surface area contributed by atoms with Crippen molar-refractivity contribution in [2.45, 2.75) is 58.3 Å². The summed E-state index contributed by atoms with van der Waals surface area (Å²) in [5.74, 6) is 0.830. The highest BCUT2D eigenvalue weighted by molar-refractivity contribution is 5.28. The van der Waals surface area contributed by atoms with E-state index in [4.69, 9.17) is 4.74 Å². The van der Waals surface area contributed by atoms with Crippen LogP contribution >= 0.6 is 0 Å². The second-order valence-corrected chi connectivity index (χ2v) is 5.07. The molecule has 0 fully saturated rings. The highest BCUT2D eigenvalue weighted by Gasteiger charge is 1.98. The molecule has 1 radical (unpaired) electrons.